The van der Waals surface area contributed by atoms with Gasteiger partial charge in [-0.2, -0.15) is 0 Å². The van der Waals surface area contributed by atoms with Crippen molar-refractivity contribution in [3.63, 3.8) is 0 Å². The van der Waals surface area contributed by atoms with E-state index in [0.717, 1.165) is 12.8 Å². The lowest BCUT2D eigenvalue weighted by molar-refractivity contribution is 0.0136. The number of hydrogen-bond donors (Lipinski definition) is 2. The molecule has 2 rings (SSSR count). The molecule has 2 N–H and O–H groups in total. The normalized spacial score (nSPS) is 23.7. The van der Waals surface area contributed by atoms with Gasteiger partial charge >= 0.3 is 0 Å². The summed E-state index contributed by atoms with van der Waals surface area (Å²) in [4.78, 5) is 12.0. The molecular formula is C13H16BrNO3. The minimum absolute atomic E-state index is 0.0722. The van der Waals surface area contributed by atoms with E-state index in [0.29, 0.717) is 16.6 Å². The molecule has 18 heavy (non-hydrogen) atoms. The molecule has 1 fully saturated rings. The van der Waals surface area contributed by atoms with Crippen LogP contribution in [0.2, 0.25) is 0 Å². The van der Waals surface area contributed by atoms with Crippen LogP contribution < -0.4 is 5.32 Å². The molecule has 2 atom stereocenters. The Morgan fingerprint density at radius 1 is 1.56 bits per heavy atom. The van der Waals surface area contributed by atoms with Gasteiger partial charge in [0.1, 0.15) is 5.75 Å². The molecule has 1 heterocycles. The van der Waals surface area contributed by atoms with E-state index >= 15 is 0 Å². The van der Waals surface area contributed by atoms with Crippen LogP contribution in [0.15, 0.2) is 22.7 Å². The number of hydrogen-bond acceptors (Lipinski definition) is 3. The number of aromatic hydroxyl groups is 1. The predicted octanol–water partition coefficient (Wildman–Crippen LogP) is 2.45. The van der Waals surface area contributed by atoms with Crippen molar-refractivity contribution < 1.29 is 14.6 Å². The molecule has 1 aromatic carbocycles. The molecule has 1 aliphatic rings. The predicted molar refractivity (Wildman–Crippen MR) is 71.7 cm³/mol. The number of benzene rings is 1. The van der Waals surface area contributed by atoms with E-state index in [9.17, 15) is 9.90 Å². The molecule has 1 amide bonds. The number of amides is 1. The van der Waals surface area contributed by atoms with Crippen LogP contribution in [-0.2, 0) is 4.74 Å². The van der Waals surface area contributed by atoms with E-state index in [-0.39, 0.29) is 23.8 Å². The first-order valence-electron chi connectivity index (χ1n) is 5.97. The van der Waals surface area contributed by atoms with Gasteiger partial charge in [0.2, 0.25) is 0 Å². The van der Waals surface area contributed by atoms with Crippen LogP contribution in [0.5, 0.6) is 5.75 Å². The van der Waals surface area contributed by atoms with E-state index < -0.39 is 0 Å². The van der Waals surface area contributed by atoms with Crippen molar-refractivity contribution in [2.45, 2.75) is 31.9 Å². The Labute approximate surface area is 114 Å². The first-order valence-corrected chi connectivity index (χ1v) is 6.76. The third kappa shape index (κ3) is 3.23. The first-order chi connectivity index (χ1) is 8.56. The highest BCUT2D eigenvalue weighted by Gasteiger charge is 2.21. The minimum Gasteiger partial charge on any atom is -0.507 e. The Balaban J connectivity index is 2.00. The Bertz CT molecular complexity index is 450. The van der Waals surface area contributed by atoms with Crippen LogP contribution in [0.1, 0.15) is 30.1 Å². The molecule has 5 heteroatoms. The SMILES string of the molecule is CC1CC(NC(=O)c2ccc(Br)c(O)c2)CCO1. The Hall–Kier alpha value is -1.07. The largest absolute Gasteiger partial charge is 0.507 e. The van der Waals surface area contributed by atoms with Gasteiger partial charge in [-0.3, -0.25) is 4.79 Å². The third-order valence-electron chi connectivity index (χ3n) is 3.03. The molecule has 0 spiro atoms. The monoisotopic (exact) mass is 313 g/mol. The van der Waals surface area contributed by atoms with Crippen LogP contribution >= 0.6 is 15.9 Å². The standard InChI is InChI=1S/C13H16BrNO3/c1-8-6-10(4-5-18-8)15-13(17)9-2-3-11(14)12(16)7-9/h2-3,7-8,10,16H,4-6H2,1H3,(H,15,17). The fourth-order valence-corrected chi connectivity index (χ4v) is 2.30. The molecule has 0 aromatic heterocycles. The molecule has 0 radical (unpaired) electrons. The second-order valence-corrected chi connectivity index (χ2v) is 5.40. The fraction of sp³-hybridized carbons (Fsp3) is 0.462. The van der Waals surface area contributed by atoms with Gasteiger partial charge in [-0.1, -0.05) is 0 Å². The van der Waals surface area contributed by atoms with Crippen molar-refractivity contribution in [2.24, 2.45) is 0 Å². The number of rotatable bonds is 2. The quantitative estimate of drug-likeness (QED) is 0.881. The third-order valence-corrected chi connectivity index (χ3v) is 3.70. The van der Waals surface area contributed by atoms with E-state index in [1.165, 1.54) is 6.07 Å². The fourth-order valence-electron chi connectivity index (χ4n) is 2.05. The lowest BCUT2D eigenvalue weighted by Crippen LogP contribution is -2.41. The molecule has 4 nitrogen and oxygen atoms in total. The van der Waals surface area contributed by atoms with Crippen molar-refractivity contribution in [2.75, 3.05) is 6.61 Å². The van der Waals surface area contributed by atoms with Gasteiger partial charge in [-0.25, -0.2) is 0 Å². The van der Waals surface area contributed by atoms with Crippen molar-refractivity contribution in [3.8, 4) is 5.75 Å². The topological polar surface area (TPSA) is 58.6 Å². The molecule has 0 bridgehead atoms. The van der Waals surface area contributed by atoms with E-state index in [1.807, 2.05) is 6.92 Å². The van der Waals surface area contributed by atoms with E-state index in [1.54, 1.807) is 12.1 Å². The van der Waals surface area contributed by atoms with Gasteiger partial charge in [-0.15, -0.1) is 0 Å². The van der Waals surface area contributed by atoms with Gasteiger partial charge in [-0.05, 0) is 53.9 Å². The summed E-state index contributed by atoms with van der Waals surface area (Å²) in [5, 5.41) is 12.5. The van der Waals surface area contributed by atoms with Gasteiger partial charge in [0.15, 0.2) is 0 Å². The molecule has 1 saturated heterocycles. The van der Waals surface area contributed by atoms with E-state index in [2.05, 4.69) is 21.2 Å². The van der Waals surface area contributed by atoms with Gasteiger partial charge in [0.25, 0.3) is 5.91 Å². The van der Waals surface area contributed by atoms with E-state index in [4.69, 9.17) is 4.74 Å². The van der Waals surface area contributed by atoms with Crippen LogP contribution in [-0.4, -0.2) is 29.8 Å². The zero-order valence-electron chi connectivity index (χ0n) is 10.1. The second kappa shape index (κ2) is 5.71. The zero-order valence-corrected chi connectivity index (χ0v) is 11.7. The second-order valence-electron chi connectivity index (χ2n) is 4.54. The number of nitrogens with one attached hydrogen (secondary N) is 1. The number of phenols is 1. The Kier molecular flexibility index (Phi) is 4.24. The van der Waals surface area contributed by atoms with Crippen LogP contribution in [0.3, 0.4) is 0 Å². The first kappa shape index (κ1) is 13.4. The summed E-state index contributed by atoms with van der Waals surface area (Å²) < 4.78 is 6.01. The van der Waals surface area contributed by atoms with Crippen LogP contribution in [0.4, 0.5) is 0 Å². The lowest BCUT2D eigenvalue weighted by Gasteiger charge is -2.27. The molecule has 2 unspecified atom stereocenters. The highest BCUT2D eigenvalue weighted by Crippen LogP contribution is 2.24. The molecule has 98 valence electrons. The highest BCUT2D eigenvalue weighted by atomic mass is 79.9. The summed E-state index contributed by atoms with van der Waals surface area (Å²) >= 11 is 3.19. The summed E-state index contributed by atoms with van der Waals surface area (Å²) in [6.07, 6.45) is 1.84. The molecule has 0 saturated carbocycles. The molecular weight excluding hydrogens is 298 g/mol. The summed E-state index contributed by atoms with van der Waals surface area (Å²) in [5.74, 6) is -0.0834. The van der Waals surface area contributed by atoms with Crippen molar-refractivity contribution >= 4 is 21.8 Å². The number of carbonyl (C=O) groups excluding carboxylic acids is 1. The average molecular weight is 314 g/mol. The van der Waals surface area contributed by atoms with Crippen LogP contribution in [0.25, 0.3) is 0 Å². The Morgan fingerprint density at radius 2 is 2.33 bits per heavy atom. The smallest absolute Gasteiger partial charge is 0.251 e. The van der Waals surface area contributed by atoms with Gasteiger partial charge < -0.3 is 15.2 Å². The zero-order chi connectivity index (χ0) is 13.1. The molecule has 0 aliphatic carbocycles. The van der Waals surface area contributed by atoms with Gasteiger partial charge in [0, 0.05) is 18.2 Å². The molecule has 1 aromatic rings. The minimum atomic E-state index is -0.156. The van der Waals surface area contributed by atoms with Crippen LogP contribution in [0, 0.1) is 0 Å². The number of ether oxygens (including phenoxy) is 1. The Morgan fingerprint density at radius 3 is 3.00 bits per heavy atom. The maximum absolute atomic E-state index is 12.0. The number of phenolic OH excluding ortho intramolecular Hbond substituents is 1. The van der Waals surface area contributed by atoms with Gasteiger partial charge in [0.05, 0.1) is 10.6 Å². The summed E-state index contributed by atoms with van der Waals surface area (Å²) in [6, 6.07) is 4.95. The van der Waals surface area contributed by atoms with Crippen molar-refractivity contribution in [1.29, 1.82) is 0 Å². The van der Waals surface area contributed by atoms with Crippen molar-refractivity contribution in [3.05, 3.63) is 28.2 Å². The maximum Gasteiger partial charge on any atom is 0.251 e. The summed E-state index contributed by atoms with van der Waals surface area (Å²) in [6.45, 7) is 2.68. The van der Waals surface area contributed by atoms with Crippen molar-refractivity contribution in [1.82, 2.24) is 5.32 Å². The number of halogens is 1. The summed E-state index contributed by atoms with van der Waals surface area (Å²) in [5.41, 5.74) is 0.467. The highest BCUT2D eigenvalue weighted by molar-refractivity contribution is 9.10. The summed E-state index contributed by atoms with van der Waals surface area (Å²) in [7, 11) is 0. The maximum atomic E-state index is 12.0. The number of carbonyl (C=O) groups is 1. The molecule has 1 aliphatic heterocycles. The average Bonchev–Trinajstić information content (AvgIpc) is 2.32. The lowest BCUT2D eigenvalue weighted by atomic mass is 10.0.